The number of aliphatic hydroxyl groups is 1. The molecule has 13 heavy (non-hydrogen) atoms. The van der Waals surface area contributed by atoms with Crippen molar-refractivity contribution in [1.29, 1.82) is 0 Å². The van der Waals surface area contributed by atoms with Crippen molar-refractivity contribution in [2.75, 3.05) is 0 Å². The molecule has 0 saturated heterocycles. The molecule has 0 aromatic heterocycles. The summed E-state index contributed by atoms with van der Waals surface area (Å²) in [7, 11) is 0. The first kappa shape index (κ1) is 10.9. The molecule has 0 fully saturated rings. The predicted octanol–water partition coefficient (Wildman–Crippen LogP) is 3.61. The third-order valence-corrected chi connectivity index (χ3v) is 2.53. The van der Waals surface area contributed by atoms with Crippen LogP contribution in [0.1, 0.15) is 11.7 Å². The van der Waals surface area contributed by atoms with E-state index >= 15 is 0 Å². The van der Waals surface area contributed by atoms with Crippen molar-refractivity contribution in [3.63, 3.8) is 0 Å². The predicted molar refractivity (Wildman–Crippen MR) is 56.0 cm³/mol. The first-order valence-corrected chi connectivity index (χ1v) is 4.70. The molecule has 0 aliphatic heterocycles. The van der Waals surface area contributed by atoms with Gasteiger partial charge in [-0.1, -0.05) is 65.1 Å². The minimum atomic E-state index is -0.951. The molecular formula is C9H7Cl3O. The zero-order chi connectivity index (χ0) is 9.84. The molecule has 0 amide bonds. The Morgan fingerprint density at radius 1 is 1.08 bits per heavy atom. The molecule has 1 rings (SSSR count). The molecular weight excluding hydrogens is 230 g/mol. The van der Waals surface area contributed by atoms with Crippen molar-refractivity contribution in [2.24, 2.45) is 0 Å². The third-order valence-electron chi connectivity index (χ3n) is 1.54. The van der Waals surface area contributed by atoms with Crippen molar-refractivity contribution in [1.82, 2.24) is 0 Å². The fourth-order valence-corrected chi connectivity index (χ4v) is 1.22. The molecule has 0 bridgehead atoms. The number of rotatable bonds is 2. The van der Waals surface area contributed by atoms with Crippen LogP contribution in [0.15, 0.2) is 39.9 Å². The highest BCUT2D eigenvalue weighted by Gasteiger charge is 2.13. The summed E-state index contributed by atoms with van der Waals surface area (Å²) in [4.78, 5) is 0. The van der Waals surface area contributed by atoms with Crippen molar-refractivity contribution >= 4 is 34.8 Å². The van der Waals surface area contributed by atoms with E-state index in [-0.39, 0.29) is 9.52 Å². The van der Waals surface area contributed by atoms with Gasteiger partial charge in [-0.2, -0.15) is 0 Å². The van der Waals surface area contributed by atoms with Gasteiger partial charge in [0, 0.05) is 0 Å². The summed E-state index contributed by atoms with van der Waals surface area (Å²) in [5.74, 6) is 0. The minimum Gasteiger partial charge on any atom is -0.383 e. The second-order valence-corrected chi connectivity index (χ2v) is 3.78. The van der Waals surface area contributed by atoms with Gasteiger partial charge in [-0.3, -0.25) is 0 Å². The van der Waals surface area contributed by atoms with Crippen LogP contribution >= 0.6 is 34.8 Å². The van der Waals surface area contributed by atoms with Crippen LogP contribution in [0.5, 0.6) is 0 Å². The highest BCUT2D eigenvalue weighted by atomic mass is 35.5. The minimum absolute atomic E-state index is 0.0366. The molecule has 1 unspecified atom stereocenters. The van der Waals surface area contributed by atoms with Gasteiger partial charge in [-0.15, -0.1) is 0 Å². The number of hydrogen-bond donors (Lipinski definition) is 1. The maximum atomic E-state index is 9.60. The largest absolute Gasteiger partial charge is 0.383 e. The van der Waals surface area contributed by atoms with Gasteiger partial charge in [0.05, 0.1) is 5.03 Å². The number of halogens is 3. The summed E-state index contributed by atoms with van der Waals surface area (Å²) < 4.78 is -0.113. The van der Waals surface area contributed by atoms with Crippen LogP contribution in [-0.2, 0) is 0 Å². The second kappa shape index (κ2) is 4.87. The Labute approximate surface area is 91.5 Å². The molecule has 0 spiro atoms. The lowest BCUT2D eigenvalue weighted by molar-refractivity contribution is 0.224. The summed E-state index contributed by atoms with van der Waals surface area (Å²) >= 11 is 16.5. The summed E-state index contributed by atoms with van der Waals surface area (Å²) in [6.07, 6.45) is -0.951. The summed E-state index contributed by atoms with van der Waals surface area (Å²) in [5, 5.41) is 9.64. The number of aliphatic hydroxyl groups excluding tert-OH is 1. The van der Waals surface area contributed by atoms with Crippen LogP contribution in [-0.4, -0.2) is 5.11 Å². The molecule has 1 aromatic rings. The lowest BCUT2D eigenvalue weighted by Crippen LogP contribution is -1.97. The molecule has 0 saturated carbocycles. The molecule has 0 aliphatic rings. The van der Waals surface area contributed by atoms with Crippen molar-refractivity contribution in [3.05, 3.63) is 45.4 Å². The fraction of sp³-hybridized carbons (Fsp3) is 0.111. The molecule has 0 radical (unpaired) electrons. The van der Waals surface area contributed by atoms with E-state index in [2.05, 4.69) is 0 Å². The Bertz CT molecular complexity index is 304. The van der Waals surface area contributed by atoms with E-state index in [0.717, 1.165) is 0 Å². The lowest BCUT2D eigenvalue weighted by Gasteiger charge is -2.09. The van der Waals surface area contributed by atoms with E-state index in [4.69, 9.17) is 34.8 Å². The third kappa shape index (κ3) is 2.89. The van der Waals surface area contributed by atoms with Gasteiger partial charge in [0.25, 0.3) is 0 Å². The molecule has 4 heteroatoms. The van der Waals surface area contributed by atoms with Crippen molar-refractivity contribution in [3.8, 4) is 0 Å². The lowest BCUT2D eigenvalue weighted by atomic mass is 10.1. The molecule has 1 nitrogen and oxygen atoms in total. The fourth-order valence-electron chi connectivity index (χ4n) is 0.885. The highest BCUT2D eigenvalue weighted by Crippen LogP contribution is 2.30. The highest BCUT2D eigenvalue weighted by molar-refractivity contribution is 6.59. The van der Waals surface area contributed by atoms with Crippen LogP contribution in [0, 0.1) is 0 Å². The monoisotopic (exact) mass is 236 g/mol. The van der Waals surface area contributed by atoms with E-state index in [9.17, 15) is 5.11 Å². The molecule has 1 aromatic carbocycles. The number of benzene rings is 1. The quantitative estimate of drug-likeness (QED) is 0.833. The number of hydrogen-bond acceptors (Lipinski definition) is 1. The Hall–Kier alpha value is -0.210. The van der Waals surface area contributed by atoms with E-state index in [1.807, 2.05) is 6.07 Å². The van der Waals surface area contributed by atoms with Gasteiger partial charge in [0.2, 0.25) is 0 Å². The zero-order valence-electron chi connectivity index (χ0n) is 6.55. The smallest absolute Gasteiger partial charge is 0.124 e. The Balaban J connectivity index is 2.93. The molecule has 0 aliphatic carbocycles. The topological polar surface area (TPSA) is 20.2 Å². The van der Waals surface area contributed by atoms with E-state index in [1.54, 1.807) is 24.3 Å². The van der Waals surface area contributed by atoms with Crippen LogP contribution in [0.4, 0.5) is 0 Å². The SMILES string of the molecule is OC(C(Cl)=C(Cl)Cl)c1ccccc1. The van der Waals surface area contributed by atoms with Crippen LogP contribution in [0.2, 0.25) is 0 Å². The van der Waals surface area contributed by atoms with Crippen molar-refractivity contribution in [2.45, 2.75) is 6.10 Å². The Morgan fingerprint density at radius 3 is 2.08 bits per heavy atom. The summed E-state index contributed by atoms with van der Waals surface area (Å²) in [6, 6.07) is 8.92. The van der Waals surface area contributed by atoms with Gasteiger partial charge < -0.3 is 5.11 Å². The van der Waals surface area contributed by atoms with Crippen LogP contribution in [0.25, 0.3) is 0 Å². The van der Waals surface area contributed by atoms with Gasteiger partial charge in [-0.25, -0.2) is 0 Å². The average molecular weight is 238 g/mol. The van der Waals surface area contributed by atoms with E-state index in [1.165, 1.54) is 0 Å². The van der Waals surface area contributed by atoms with Gasteiger partial charge >= 0.3 is 0 Å². The normalized spacial score (nSPS) is 12.3. The first-order valence-electron chi connectivity index (χ1n) is 3.56. The second-order valence-electron chi connectivity index (χ2n) is 2.42. The summed E-state index contributed by atoms with van der Waals surface area (Å²) in [6.45, 7) is 0. The van der Waals surface area contributed by atoms with Gasteiger partial charge in [0.15, 0.2) is 0 Å². The standard InChI is InChI=1S/C9H7Cl3O/c10-7(9(11)12)8(13)6-4-2-1-3-5-6/h1-5,8,13H. The Kier molecular flexibility index (Phi) is 4.07. The molecule has 1 N–H and O–H groups in total. The first-order chi connectivity index (χ1) is 6.13. The molecule has 70 valence electrons. The van der Waals surface area contributed by atoms with Crippen LogP contribution in [0.3, 0.4) is 0 Å². The Morgan fingerprint density at radius 2 is 1.62 bits per heavy atom. The molecule has 0 heterocycles. The van der Waals surface area contributed by atoms with Crippen molar-refractivity contribution < 1.29 is 5.11 Å². The maximum absolute atomic E-state index is 9.60. The van der Waals surface area contributed by atoms with Gasteiger partial charge in [0.1, 0.15) is 10.6 Å². The average Bonchev–Trinajstić information content (AvgIpc) is 2.17. The van der Waals surface area contributed by atoms with E-state index in [0.29, 0.717) is 5.56 Å². The molecule has 1 atom stereocenters. The maximum Gasteiger partial charge on any atom is 0.124 e. The van der Waals surface area contributed by atoms with Gasteiger partial charge in [-0.05, 0) is 5.56 Å². The zero-order valence-corrected chi connectivity index (χ0v) is 8.81. The van der Waals surface area contributed by atoms with E-state index < -0.39 is 6.10 Å². The summed E-state index contributed by atoms with van der Waals surface area (Å²) in [5.41, 5.74) is 0.659. The van der Waals surface area contributed by atoms with Crippen LogP contribution < -0.4 is 0 Å².